The highest BCUT2D eigenvalue weighted by Crippen LogP contribution is 2.13. The molecule has 0 aliphatic heterocycles. The zero-order chi connectivity index (χ0) is 9.52. The number of unbranched alkanes of at least 4 members (excludes halogenated alkanes) is 1. The summed E-state index contributed by atoms with van der Waals surface area (Å²) in [5.74, 6) is 0.631. The molecule has 0 heterocycles. The lowest BCUT2D eigenvalue weighted by molar-refractivity contribution is 0.203. The highest BCUT2D eigenvalue weighted by Gasteiger charge is 1.98. The lowest BCUT2D eigenvalue weighted by Crippen LogP contribution is -1.93. The van der Waals surface area contributed by atoms with Gasteiger partial charge in [0, 0.05) is 6.42 Å². The minimum Gasteiger partial charge on any atom is -0.498 e. The van der Waals surface area contributed by atoms with E-state index in [0.29, 0.717) is 6.42 Å². The molecule has 1 aliphatic rings. The second-order valence-electron chi connectivity index (χ2n) is 2.99. The van der Waals surface area contributed by atoms with Crippen LogP contribution in [0.3, 0.4) is 0 Å². The van der Waals surface area contributed by atoms with Gasteiger partial charge in [0.2, 0.25) is 0 Å². The van der Waals surface area contributed by atoms with Crippen molar-refractivity contribution in [3.63, 3.8) is 0 Å². The van der Waals surface area contributed by atoms with Gasteiger partial charge in [0.1, 0.15) is 5.83 Å². The number of ether oxygens (including phenoxy) is 1. The lowest BCUT2D eigenvalue weighted by Gasteiger charge is -2.06. The second-order valence-corrected chi connectivity index (χ2v) is 2.99. The van der Waals surface area contributed by atoms with Gasteiger partial charge in [0.25, 0.3) is 0 Å². The number of allylic oxidation sites excluding steroid dienone is 5. The van der Waals surface area contributed by atoms with Crippen LogP contribution in [0.15, 0.2) is 35.9 Å². The number of rotatable bonds is 4. The van der Waals surface area contributed by atoms with E-state index in [1.54, 1.807) is 12.2 Å². The number of hydrogen-bond donors (Lipinski definition) is 0. The molecule has 0 aromatic rings. The molecule has 0 saturated heterocycles. The maximum absolute atomic E-state index is 12.7. The van der Waals surface area contributed by atoms with Crippen molar-refractivity contribution in [1.29, 1.82) is 0 Å². The van der Waals surface area contributed by atoms with Gasteiger partial charge in [-0.05, 0) is 24.6 Å². The van der Waals surface area contributed by atoms with Gasteiger partial charge >= 0.3 is 0 Å². The molecule has 13 heavy (non-hydrogen) atoms. The van der Waals surface area contributed by atoms with E-state index in [9.17, 15) is 4.39 Å². The van der Waals surface area contributed by atoms with Crippen LogP contribution in [0.4, 0.5) is 4.39 Å². The molecular formula is C11H15FO. The second kappa shape index (κ2) is 5.57. The molecular weight excluding hydrogens is 167 g/mol. The van der Waals surface area contributed by atoms with Crippen molar-refractivity contribution in [2.75, 3.05) is 6.61 Å². The lowest BCUT2D eigenvalue weighted by atomic mass is 10.3. The van der Waals surface area contributed by atoms with Crippen LogP contribution in [0.1, 0.15) is 26.2 Å². The molecule has 0 bridgehead atoms. The van der Waals surface area contributed by atoms with Crippen LogP contribution in [0.25, 0.3) is 0 Å². The summed E-state index contributed by atoms with van der Waals surface area (Å²) in [6.07, 6.45) is 9.23. The minimum absolute atomic E-state index is 0.214. The monoisotopic (exact) mass is 182 g/mol. The number of halogens is 1. The molecule has 0 amide bonds. The van der Waals surface area contributed by atoms with Crippen LogP contribution in [-0.2, 0) is 4.74 Å². The summed E-state index contributed by atoms with van der Waals surface area (Å²) in [7, 11) is 0. The fourth-order valence-corrected chi connectivity index (χ4v) is 1.04. The Morgan fingerprint density at radius 2 is 2.31 bits per heavy atom. The van der Waals surface area contributed by atoms with Gasteiger partial charge < -0.3 is 4.74 Å². The fourth-order valence-electron chi connectivity index (χ4n) is 1.04. The molecule has 0 atom stereocenters. The van der Waals surface area contributed by atoms with E-state index >= 15 is 0 Å². The molecule has 0 saturated carbocycles. The van der Waals surface area contributed by atoms with E-state index in [1.807, 2.05) is 0 Å². The average Bonchev–Trinajstić information content (AvgIpc) is 2.32. The summed E-state index contributed by atoms with van der Waals surface area (Å²) in [6.45, 7) is 2.84. The first-order valence-electron chi connectivity index (χ1n) is 4.68. The van der Waals surface area contributed by atoms with Gasteiger partial charge in [-0.3, -0.25) is 0 Å². The first-order chi connectivity index (χ1) is 6.33. The van der Waals surface area contributed by atoms with Gasteiger partial charge in [-0.25, -0.2) is 4.39 Å². The zero-order valence-corrected chi connectivity index (χ0v) is 7.92. The van der Waals surface area contributed by atoms with Crippen LogP contribution in [0, 0.1) is 0 Å². The first kappa shape index (κ1) is 10.0. The van der Waals surface area contributed by atoms with Crippen molar-refractivity contribution in [3.8, 4) is 0 Å². The Labute approximate surface area is 78.6 Å². The first-order valence-corrected chi connectivity index (χ1v) is 4.68. The van der Waals surface area contributed by atoms with Crippen LogP contribution in [0.2, 0.25) is 0 Å². The molecule has 0 radical (unpaired) electrons. The largest absolute Gasteiger partial charge is 0.498 e. The van der Waals surface area contributed by atoms with Crippen molar-refractivity contribution in [1.82, 2.24) is 0 Å². The zero-order valence-electron chi connectivity index (χ0n) is 7.92. The summed E-state index contributed by atoms with van der Waals surface area (Å²) >= 11 is 0. The summed E-state index contributed by atoms with van der Waals surface area (Å²) in [4.78, 5) is 0. The van der Waals surface area contributed by atoms with Crippen molar-refractivity contribution in [2.45, 2.75) is 26.2 Å². The summed E-state index contributed by atoms with van der Waals surface area (Å²) in [6, 6.07) is 0. The molecule has 1 nitrogen and oxygen atoms in total. The Morgan fingerprint density at radius 3 is 3.08 bits per heavy atom. The maximum Gasteiger partial charge on any atom is 0.123 e. The van der Waals surface area contributed by atoms with E-state index in [2.05, 4.69) is 6.92 Å². The summed E-state index contributed by atoms with van der Waals surface area (Å²) < 4.78 is 18.1. The highest BCUT2D eigenvalue weighted by atomic mass is 19.1. The Bertz CT molecular complexity index is 238. The van der Waals surface area contributed by atoms with E-state index in [-0.39, 0.29) is 5.83 Å². The van der Waals surface area contributed by atoms with E-state index in [4.69, 9.17) is 4.74 Å². The Morgan fingerprint density at radius 1 is 1.46 bits per heavy atom. The Hall–Kier alpha value is -1.05. The predicted molar refractivity (Wildman–Crippen MR) is 51.9 cm³/mol. The molecule has 0 aromatic carbocycles. The van der Waals surface area contributed by atoms with Crippen molar-refractivity contribution < 1.29 is 9.13 Å². The normalized spacial score (nSPS) is 16.2. The molecule has 0 fully saturated rings. The van der Waals surface area contributed by atoms with Crippen molar-refractivity contribution in [3.05, 3.63) is 35.9 Å². The minimum atomic E-state index is -0.214. The van der Waals surface area contributed by atoms with Gasteiger partial charge in [0.05, 0.1) is 12.4 Å². The van der Waals surface area contributed by atoms with Gasteiger partial charge in [0.15, 0.2) is 0 Å². The third-order valence-corrected chi connectivity index (χ3v) is 1.81. The summed E-state index contributed by atoms with van der Waals surface area (Å²) in [5.41, 5.74) is 0. The molecule has 0 N–H and O–H groups in total. The fraction of sp³-hybridized carbons (Fsp3) is 0.455. The Balaban J connectivity index is 2.38. The van der Waals surface area contributed by atoms with Gasteiger partial charge in [-0.2, -0.15) is 0 Å². The van der Waals surface area contributed by atoms with E-state index < -0.39 is 0 Å². The van der Waals surface area contributed by atoms with Crippen molar-refractivity contribution in [2.24, 2.45) is 0 Å². The van der Waals surface area contributed by atoms with E-state index in [1.165, 1.54) is 12.2 Å². The molecule has 0 spiro atoms. The van der Waals surface area contributed by atoms with Gasteiger partial charge in [-0.1, -0.05) is 19.4 Å². The SMILES string of the molecule is CCCCOC1=CC=C(F)C=CC1. The topological polar surface area (TPSA) is 9.23 Å². The standard InChI is InChI=1S/C11H15FO/c1-2-3-9-13-11-6-4-5-10(12)7-8-11/h4-5,7-8H,2-3,6,9H2,1H3. The number of hydrogen-bond acceptors (Lipinski definition) is 1. The summed E-state index contributed by atoms with van der Waals surface area (Å²) in [5, 5.41) is 0. The van der Waals surface area contributed by atoms with Gasteiger partial charge in [-0.15, -0.1) is 0 Å². The highest BCUT2D eigenvalue weighted by molar-refractivity contribution is 5.24. The predicted octanol–water partition coefficient (Wildman–Crippen LogP) is 3.50. The quantitative estimate of drug-likeness (QED) is 0.604. The molecule has 0 unspecified atom stereocenters. The third-order valence-electron chi connectivity index (χ3n) is 1.81. The molecule has 1 aliphatic carbocycles. The molecule has 2 heteroatoms. The third kappa shape index (κ3) is 3.92. The van der Waals surface area contributed by atoms with Crippen LogP contribution in [-0.4, -0.2) is 6.61 Å². The van der Waals surface area contributed by atoms with Crippen molar-refractivity contribution >= 4 is 0 Å². The Kier molecular flexibility index (Phi) is 4.30. The molecule has 1 rings (SSSR count). The van der Waals surface area contributed by atoms with Crippen LogP contribution < -0.4 is 0 Å². The smallest absolute Gasteiger partial charge is 0.123 e. The maximum atomic E-state index is 12.7. The molecule has 72 valence electrons. The molecule has 0 aromatic heterocycles. The van der Waals surface area contributed by atoms with Crippen LogP contribution in [0.5, 0.6) is 0 Å². The average molecular weight is 182 g/mol. The van der Waals surface area contributed by atoms with Crippen LogP contribution >= 0.6 is 0 Å². The van der Waals surface area contributed by atoms with E-state index in [0.717, 1.165) is 25.2 Å².